The minimum absolute atomic E-state index is 0.527. The second kappa shape index (κ2) is 7.28. The minimum atomic E-state index is 0.527. The van der Waals surface area contributed by atoms with Crippen LogP contribution in [0, 0.1) is 5.92 Å². The van der Waals surface area contributed by atoms with Crippen LogP contribution in [-0.4, -0.2) is 18.6 Å². The lowest BCUT2D eigenvalue weighted by Crippen LogP contribution is -2.09. The Balaban J connectivity index is 2.79. The molecule has 0 saturated heterocycles. The molecule has 0 unspecified atom stereocenters. The van der Waals surface area contributed by atoms with Crippen molar-refractivity contribution < 1.29 is 4.74 Å². The lowest BCUT2D eigenvalue weighted by molar-refractivity contribution is 0.260. The number of nitrogens with zero attached hydrogens (tertiary/aromatic N) is 1. The first-order chi connectivity index (χ1) is 8.15. The fourth-order valence-corrected chi connectivity index (χ4v) is 1.64. The molecule has 0 bridgehead atoms. The van der Waals surface area contributed by atoms with Crippen LogP contribution in [0.3, 0.4) is 0 Å². The standard InChI is InChI=1S/C14H24N2O/c1-5-6-13-7-12(9-15-4)8-14(16-13)17-10-11(2)3/h7-8,11,15H,5-6,9-10H2,1-4H3. The van der Waals surface area contributed by atoms with Crippen molar-refractivity contribution in [3.8, 4) is 5.88 Å². The molecule has 0 radical (unpaired) electrons. The molecule has 0 spiro atoms. The van der Waals surface area contributed by atoms with Crippen molar-refractivity contribution in [3.63, 3.8) is 0 Å². The van der Waals surface area contributed by atoms with Gasteiger partial charge in [0.15, 0.2) is 0 Å². The van der Waals surface area contributed by atoms with E-state index in [-0.39, 0.29) is 0 Å². The van der Waals surface area contributed by atoms with Crippen molar-refractivity contribution in [2.24, 2.45) is 5.92 Å². The van der Waals surface area contributed by atoms with Crippen molar-refractivity contribution in [1.29, 1.82) is 0 Å². The molecule has 1 aromatic rings. The van der Waals surface area contributed by atoms with Gasteiger partial charge < -0.3 is 10.1 Å². The number of aryl methyl sites for hydroxylation is 1. The van der Waals surface area contributed by atoms with Gasteiger partial charge in [-0.3, -0.25) is 0 Å². The third-order valence-electron chi connectivity index (χ3n) is 2.37. The Labute approximate surface area is 105 Å². The molecule has 0 aliphatic heterocycles. The van der Waals surface area contributed by atoms with Crippen molar-refractivity contribution >= 4 is 0 Å². The Hall–Kier alpha value is -1.09. The summed E-state index contributed by atoms with van der Waals surface area (Å²) in [4.78, 5) is 4.53. The molecule has 3 heteroatoms. The summed E-state index contributed by atoms with van der Waals surface area (Å²) in [5.74, 6) is 1.29. The molecule has 0 amide bonds. The second-order valence-electron chi connectivity index (χ2n) is 4.79. The minimum Gasteiger partial charge on any atom is -0.477 e. The van der Waals surface area contributed by atoms with Gasteiger partial charge in [0, 0.05) is 18.3 Å². The quantitative estimate of drug-likeness (QED) is 0.790. The Morgan fingerprint density at radius 3 is 2.71 bits per heavy atom. The van der Waals surface area contributed by atoms with Gasteiger partial charge in [0.05, 0.1) is 6.61 Å². The highest BCUT2D eigenvalue weighted by Crippen LogP contribution is 2.15. The molecule has 17 heavy (non-hydrogen) atoms. The smallest absolute Gasteiger partial charge is 0.213 e. The van der Waals surface area contributed by atoms with E-state index in [1.807, 2.05) is 13.1 Å². The highest BCUT2D eigenvalue weighted by molar-refractivity contribution is 5.25. The van der Waals surface area contributed by atoms with Gasteiger partial charge in [-0.25, -0.2) is 4.98 Å². The highest BCUT2D eigenvalue weighted by atomic mass is 16.5. The van der Waals surface area contributed by atoms with Gasteiger partial charge in [0.25, 0.3) is 0 Å². The number of aromatic nitrogens is 1. The van der Waals surface area contributed by atoms with Crippen molar-refractivity contribution in [1.82, 2.24) is 10.3 Å². The Morgan fingerprint density at radius 1 is 1.35 bits per heavy atom. The molecule has 1 heterocycles. The number of rotatable bonds is 7. The summed E-state index contributed by atoms with van der Waals surface area (Å²) in [5.41, 5.74) is 2.36. The van der Waals surface area contributed by atoms with Gasteiger partial charge in [-0.2, -0.15) is 0 Å². The van der Waals surface area contributed by atoms with Crippen LogP contribution in [0.25, 0.3) is 0 Å². The summed E-state index contributed by atoms with van der Waals surface area (Å²) in [7, 11) is 1.95. The molecule has 1 rings (SSSR count). The van der Waals surface area contributed by atoms with Gasteiger partial charge in [0.2, 0.25) is 5.88 Å². The first kappa shape index (κ1) is 14.0. The molecule has 0 fully saturated rings. The molecule has 0 saturated carbocycles. The van der Waals surface area contributed by atoms with E-state index >= 15 is 0 Å². The summed E-state index contributed by atoms with van der Waals surface area (Å²) >= 11 is 0. The van der Waals surface area contributed by atoms with Crippen LogP contribution in [0.15, 0.2) is 12.1 Å². The normalized spacial score (nSPS) is 10.9. The molecular weight excluding hydrogens is 212 g/mol. The number of nitrogens with one attached hydrogen (secondary N) is 1. The fraction of sp³-hybridized carbons (Fsp3) is 0.643. The molecule has 3 nitrogen and oxygen atoms in total. The maximum absolute atomic E-state index is 5.70. The molecule has 0 aliphatic carbocycles. The Bertz CT molecular complexity index is 313. The van der Waals surface area contributed by atoms with E-state index in [1.54, 1.807) is 0 Å². The van der Waals surface area contributed by atoms with Gasteiger partial charge in [-0.05, 0) is 31.0 Å². The monoisotopic (exact) mass is 236 g/mol. The predicted octanol–water partition coefficient (Wildman–Crippen LogP) is 2.79. The van der Waals surface area contributed by atoms with E-state index in [1.165, 1.54) is 5.56 Å². The van der Waals surface area contributed by atoms with Crippen LogP contribution >= 0.6 is 0 Å². The maximum atomic E-state index is 5.70. The number of ether oxygens (including phenoxy) is 1. The van der Waals surface area contributed by atoms with Crippen LogP contribution in [0.5, 0.6) is 5.88 Å². The molecule has 1 aromatic heterocycles. The third kappa shape index (κ3) is 5.18. The number of hydrogen-bond donors (Lipinski definition) is 1. The van der Waals surface area contributed by atoms with Crippen molar-refractivity contribution in [3.05, 3.63) is 23.4 Å². The fourth-order valence-electron chi connectivity index (χ4n) is 1.64. The van der Waals surface area contributed by atoms with E-state index in [9.17, 15) is 0 Å². The van der Waals surface area contributed by atoms with Gasteiger partial charge in [-0.1, -0.05) is 27.2 Å². The predicted molar refractivity (Wildman–Crippen MR) is 71.3 cm³/mol. The average molecular weight is 236 g/mol. The first-order valence-corrected chi connectivity index (χ1v) is 6.43. The van der Waals surface area contributed by atoms with Crippen molar-refractivity contribution in [2.45, 2.75) is 40.2 Å². The summed E-state index contributed by atoms with van der Waals surface area (Å²) in [6, 6.07) is 4.18. The zero-order valence-electron chi connectivity index (χ0n) is 11.4. The summed E-state index contributed by atoms with van der Waals surface area (Å²) in [6.07, 6.45) is 2.12. The molecule has 1 N–H and O–H groups in total. The molecular formula is C14H24N2O. The summed E-state index contributed by atoms with van der Waals surface area (Å²) < 4.78 is 5.70. The Morgan fingerprint density at radius 2 is 2.12 bits per heavy atom. The SMILES string of the molecule is CCCc1cc(CNC)cc(OCC(C)C)n1. The average Bonchev–Trinajstić information content (AvgIpc) is 2.27. The summed E-state index contributed by atoms with van der Waals surface area (Å²) in [6.45, 7) is 8.04. The molecule has 0 atom stereocenters. The topological polar surface area (TPSA) is 34.1 Å². The van der Waals surface area contributed by atoms with Gasteiger partial charge in [0.1, 0.15) is 0 Å². The molecule has 0 aromatic carbocycles. The third-order valence-corrected chi connectivity index (χ3v) is 2.37. The lowest BCUT2D eigenvalue weighted by atomic mass is 10.1. The van der Waals surface area contributed by atoms with Crippen LogP contribution in [0.2, 0.25) is 0 Å². The van der Waals surface area contributed by atoms with E-state index in [2.05, 4.69) is 37.1 Å². The zero-order chi connectivity index (χ0) is 12.7. The van der Waals surface area contributed by atoms with Gasteiger partial charge >= 0.3 is 0 Å². The second-order valence-corrected chi connectivity index (χ2v) is 4.79. The highest BCUT2D eigenvalue weighted by Gasteiger charge is 2.04. The van der Waals surface area contributed by atoms with E-state index in [4.69, 9.17) is 4.74 Å². The van der Waals surface area contributed by atoms with Crippen LogP contribution in [-0.2, 0) is 13.0 Å². The maximum Gasteiger partial charge on any atom is 0.213 e. The molecule has 0 aliphatic rings. The Kier molecular flexibility index (Phi) is 5.98. The number of hydrogen-bond acceptors (Lipinski definition) is 3. The molecule has 96 valence electrons. The van der Waals surface area contributed by atoms with Crippen LogP contribution in [0.4, 0.5) is 0 Å². The number of pyridine rings is 1. The van der Waals surface area contributed by atoms with E-state index in [0.717, 1.165) is 37.6 Å². The largest absolute Gasteiger partial charge is 0.477 e. The van der Waals surface area contributed by atoms with Gasteiger partial charge in [-0.15, -0.1) is 0 Å². The lowest BCUT2D eigenvalue weighted by Gasteiger charge is -2.11. The first-order valence-electron chi connectivity index (χ1n) is 6.43. The van der Waals surface area contributed by atoms with E-state index < -0.39 is 0 Å². The zero-order valence-corrected chi connectivity index (χ0v) is 11.4. The van der Waals surface area contributed by atoms with Crippen LogP contribution in [0.1, 0.15) is 38.4 Å². The van der Waals surface area contributed by atoms with E-state index in [0.29, 0.717) is 5.92 Å². The van der Waals surface area contributed by atoms with Crippen molar-refractivity contribution in [2.75, 3.05) is 13.7 Å². The summed E-state index contributed by atoms with van der Waals surface area (Å²) in [5, 5.41) is 3.16. The van der Waals surface area contributed by atoms with Crippen LogP contribution < -0.4 is 10.1 Å².